The highest BCUT2D eigenvalue weighted by atomic mass is 19.1. The number of nitrogens with two attached hydrogens (primary N) is 1. The number of carbonyl (C=O) groups excluding carboxylic acids is 1. The van der Waals surface area contributed by atoms with Crippen LogP contribution in [0.3, 0.4) is 0 Å². The molecule has 180 valence electrons. The van der Waals surface area contributed by atoms with Crippen molar-refractivity contribution in [1.29, 1.82) is 0 Å². The third kappa shape index (κ3) is 4.40. The van der Waals surface area contributed by atoms with Gasteiger partial charge in [0.05, 0.1) is 6.21 Å². The van der Waals surface area contributed by atoms with Gasteiger partial charge in [-0.05, 0) is 51.4 Å². The van der Waals surface area contributed by atoms with E-state index in [2.05, 4.69) is 35.8 Å². The Hall–Kier alpha value is -5.33. The molecule has 36 heavy (non-hydrogen) atoms. The molecule has 2 heterocycles. The van der Waals surface area contributed by atoms with Crippen molar-refractivity contribution in [3.05, 3.63) is 83.4 Å². The molecule has 5 aromatic rings. The molecule has 13 heteroatoms. The highest BCUT2D eigenvalue weighted by Crippen LogP contribution is 2.25. The second kappa shape index (κ2) is 9.50. The zero-order valence-corrected chi connectivity index (χ0v) is 18.4. The largest absolute Gasteiger partial charge is 0.507 e. The van der Waals surface area contributed by atoms with Crippen molar-refractivity contribution in [2.75, 3.05) is 5.73 Å². The Balaban J connectivity index is 1.42. The van der Waals surface area contributed by atoms with Crippen LogP contribution in [-0.2, 0) is 6.61 Å². The molecule has 3 aromatic carbocycles. The van der Waals surface area contributed by atoms with E-state index in [-0.39, 0.29) is 35.4 Å². The number of hydrogen-bond donors (Lipinski definition) is 3. The van der Waals surface area contributed by atoms with Crippen LogP contribution in [0.25, 0.3) is 16.6 Å². The smallest absolute Gasteiger partial charge is 0.293 e. The number of aromatic nitrogens is 5. The number of rotatable bonds is 7. The number of benzene rings is 3. The van der Waals surface area contributed by atoms with Crippen molar-refractivity contribution in [2.45, 2.75) is 6.61 Å². The van der Waals surface area contributed by atoms with Gasteiger partial charge in [-0.1, -0.05) is 35.5 Å². The van der Waals surface area contributed by atoms with Gasteiger partial charge in [0.15, 0.2) is 5.69 Å². The summed E-state index contributed by atoms with van der Waals surface area (Å²) >= 11 is 0. The lowest BCUT2D eigenvalue weighted by atomic mass is 10.0. The van der Waals surface area contributed by atoms with Crippen LogP contribution in [0.4, 0.5) is 10.2 Å². The fourth-order valence-corrected chi connectivity index (χ4v) is 3.43. The third-order valence-corrected chi connectivity index (χ3v) is 5.17. The minimum atomic E-state index is -0.718. The first kappa shape index (κ1) is 22.5. The van der Waals surface area contributed by atoms with Crippen LogP contribution in [0.5, 0.6) is 11.5 Å². The van der Waals surface area contributed by atoms with Gasteiger partial charge in [-0.25, -0.2) is 14.4 Å². The fraction of sp³-hybridized carbons (Fsp3) is 0.0435. The molecule has 2 aromatic heterocycles. The number of aromatic hydroxyl groups is 1. The predicted octanol–water partition coefficient (Wildman–Crippen LogP) is 2.57. The number of halogens is 1. The molecule has 4 N–H and O–H groups in total. The third-order valence-electron chi connectivity index (χ3n) is 5.17. The van der Waals surface area contributed by atoms with Gasteiger partial charge in [-0.3, -0.25) is 4.79 Å². The molecule has 0 saturated heterocycles. The average Bonchev–Trinajstić information content (AvgIpc) is 3.50. The summed E-state index contributed by atoms with van der Waals surface area (Å²) in [5, 5.41) is 30.9. The lowest BCUT2D eigenvalue weighted by Gasteiger charge is -2.08. The molecule has 0 fully saturated rings. The minimum Gasteiger partial charge on any atom is -0.507 e. The molecule has 0 aliphatic heterocycles. The summed E-state index contributed by atoms with van der Waals surface area (Å²) in [5.74, 6) is -0.885. The highest BCUT2D eigenvalue weighted by Gasteiger charge is 2.24. The molecule has 0 atom stereocenters. The van der Waals surface area contributed by atoms with Gasteiger partial charge in [0.2, 0.25) is 11.6 Å². The molecule has 5 rings (SSSR count). The summed E-state index contributed by atoms with van der Waals surface area (Å²) in [6, 6.07) is 16.0. The number of amides is 1. The van der Waals surface area contributed by atoms with E-state index >= 15 is 0 Å². The van der Waals surface area contributed by atoms with Crippen molar-refractivity contribution in [1.82, 2.24) is 30.7 Å². The SMILES string of the molecule is Nc1nonc1-n1nnc(C(=O)N/N=C/c2c(O)ccc3ccccc23)c1COc1ccc(F)cc1. The minimum absolute atomic E-state index is 0.0000350. The number of phenolic OH excluding ortho intramolecular Hbond substituents is 1. The fourth-order valence-electron chi connectivity index (χ4n) is 3.43. The summed E-state index contributed by atoms with van der Waals surface area (Å²) < 4.78 is 24.6. The molecule has 0 spiro atoms. The van der Waals surface area contributed by atoms with Crippen LogP contribution in [0.1, 0.15) is 21.7 Å². The topological polar surface area (TPSA) is 167 Å². The first-order chi connectivity index (χ1) is 17.5. The Morgan fingerprint density at radius 3 is 2.75 bits per heavy atom. The molecule has 0 aliphatic rings. The van der Waals surface area contributed by atoms with Crippen LogP contribution in [-0.4, -0.2) is 42.5 Å². The van der Waals surface area contributed by atoms with E-state index in [0.29, 0.717) is 11.3 Å². The Morgan fingerprint density at radius 1 is 1.17 bits per heavy atom. The maximum Gasteiger partial charge on any atom is 0.293 e. The van der Waals surface area contributed by atoms with Crippen molar-refractivity contribution >= 4 is 28.7 Å². The van der Waals surface area contributed by atoms with Gasteiger partial charge in [0, 0.05) is 5.56 Å². The number of hydrazone groups is 1. The Bertz CT molecular complexity index is 1580. The number of phenols is 1. The number of fused-ring (bicyclic) bond motifs is 1. The molecule has 0 aliphatic carbocycles. The molecular weight excluding hydrogens is 471 g/mol. The van der Waals surface area contributed by atoms with E-state index in [0.717, 1.165) is 15.5 Å². The second-order valence-corrected chi connectivity index (χ2v) is 7.43. The number of nitrogens with one attached hydrogen (secondary N) is 1. The van der Waals surface area contributed by atoms with Crippen molar-refractivity contribution in [3.63, 3.8) is 0 Å². The molecule has 12 nitrogen and oxygen atoms in total. The molecular formula is C23H17FN8O4. The lowest BCUT2D eigenvalue weighted by molar-refractivity contribution is 0.0947. The number of nitrogen functional groups attached to an aromatic ring is 1. The Labute approximate surface area is 201 Å². The molecule has 1 amide bonds. The summed E-state index contributed by atoms with van der Waals surface area (Å²) in [6.07, 6.45) is 1.33. The summed E-state index contributed by atoms with van der Waals surface area (Å²) in [5.41, 5.74) is 8.58. The maximum atomic E-state index is 13.2. The van der Waals surface area contributed by atoms with E-state index in [1.165, 1.54) is 30.5 Å². The second-order valence-electron chi connectivity index (χ2n) is 7.43. The first-order valence-corrected chi connectivity index (χ1v) is 10.5. The van der Waals surface area contributed by atoms with Gasteiger partial charge in [0.25, 0.3) is 5.91 Å². The average molecular weight is 488 g/mol. The van der Waals surface area contributed by atoms with Gasteiger partial charge in [-0.15, -0.1) is 5.10 Å². The van der Waals surface area contributed by atoms with Crippen molar-refractivity contribution in [2.24, 2.45) is 5.10 Å². The van der Waals surface area contributed by atoms with Crippen LogP contribution in [0.2, 0.25) is 0 Å². The number of ether oxygens (including phenoxy) is 1. The predicted molar refractivity (Wildman–Crippen MR) is 125 cm³/mol. The number of hydrogen-bond acceptors (Lipinski definition) is 10. The standard InChI is InChI=1S/C23H17FN8O4/c24-14-6-8-15(9-7-14)35-12-18-20(27-31-32(18)22-21(25)29-36-30-22)23(34)28-26-11-17-16-4-2-1-3-13(16)5-10-19(17)33/h1-11,33H,12H2,(H2,25,29)(H,28,34)/b26-11+. The van der Waals surface area contributed by atoms with Crippen LogP contribution in [0, 0.1) is 5.82 Å². The Morgan fingerprint density at radius 2 is 1.97 bits per heavy atom. The van der Waals surface area contributed by atoms with Gasteiger partial charge in [-0.2, -0.15) is 9.78 Å². The van der Waals surface area contributed by atoms with E-state index in [1.54, 1.807) is 12.1 Å². The van der Waals surface area contributed by atoms with Gasteiger partial charge >= 0.3 is 0 Å². The molecule has 0 unspecified atom stereocenters. The summed E-state index contributed by atoms with van der Waals surface area (Å²) in [7, 11) is 0. The zero-order valence-electron chi connectivity index (χ0n) is 18.4. The van der Waals surface area contributed by atoms with E-state index in [9.17, 15) is 14.3 Å². The van der Waals surface area contributed by atoms with Crippen molar-refractivity contribution in [3.8, 4) is 17.3 Å². The van der Waals surface area contributed by atoms with E-state index in [1.807, 2.05) is 24.3 Å². The van der Waals surface area contributed by atoms with Crippen LogP contribution in [0.15, 0.2) is 70.4 Å². The van der Waals surface area contributed by atoms with Gasteiger partial charge in [0.1, 0.15) is 29.6 Å². The normalized spacial score (nSPS) is 11.2. The number of carbonyl (C=O) groups is 1. The lowest BCUT2D eigenvalue weighted by Crippen LogP contribution is -2.21. The summed E-state index contributed by atoms with van der Waals surface area (Å²) in [6.45, 7) is -0.207. The zero-order chi connectivity index (χ0) is 25.1. The molecule has 0 radical (unpaired) electrons. The molecule has 0 bridgehead atoms. The number of anilines is 1. The quantitative estimate of drug-likeness (QED) is 0.230. The molecule has 0 saturated carbocycles. The van der Waals surface area contributed by atoms with Crippen LogP contribution >= 0.6 is 0 Å². The summed E-state index contributed by atoms with van der Waals surface area (Å²) in [4.78, 5) is 12.9. The van der Waals surface area contributed by atoms with Gasteiger partial charge < -0.3 is 15.6 Å². The number of nitrogens with zero attached hydrogens (tertiary/aromatic N) is 6. The van der Waals surface area contributed by atoms with E-state index < -0.39 is 11.7 Å². The van der Waals surface area contributed by atoms with Crippen molar-refractivity contribution < 1.29 is 23.7 Å². The Kier molecular flexibility index (Phi) is 5.93. The van der Waals surface area contributed by atoms with Crippen LogP contribution < -0.4 is 15.9 Å². The first-order valence-electron chi connectivity index (χ1n) is 10.5. The highest BCUT2D eigenvalue weighted by molar-refractivity contribution is 6.03. The van der Waals surface area contributed by atoms with E-state index in [4.69, 9.17) is 10.5 Å². The maximum absolute atomic E-state index is 13.2. The monoisotopic (exact) mass is 488 g/mol.